The summed E-state index contributed by atoms with van der Waals surface area (Å²) in [7, 11) is 1.85. The van der Waals surface area contributed by atoms with Gasteiger partial charge in [0.15, 0.2) is 5.96 Å². The summed E-state index contributed by atoms with van der Waals surface area (Å²) < 4.78 is 0. The highest BCUT2D eigenvalue weighted by molar-refractivity contribution is 5.79. The molecule has 112 valence electrons. The minimum atomic E-state index is 0.804. The number of hydrogen-bond donors (Lipinski definition) is 2. The first kappa shape index (κ1) is 16.3. The van der Waals surface area contributed by atoms with Crippen molar-refractivity contribution < 1.29 is 0 Å². The summed E-state index contributed by atoms with van der Waals surface area (Å²) >= 11 is 0. The van der Waals surface area contributed by atoms with Gasteiger partial charge in [0.2, 0.25) is 0 Å². The maximum absolute atomic E-state index is 4.27. The van der Waals surface area contributed by atoms with Gasteiger partial charge in [0.25, 0.3) is 0 Å². The zero-order valence-electron chi connectivity index (χ0n) is 13.0. The summed E-state index contributed by atoms with van der Waals surface area (Å²) in [4.78, 5) is 6.86. The van der Waals surface area contributed by atoms with Crippen LogP contribution in [0.5, 0.6) is 0 Å². The van der Waals surface area contributed by atoms with Gasteiger partial charge in [-0.25, -0.2) is 0 Å². The average molecular weight is 268 g/mol. The van der Waals surface area contributed by atoms with Crippen LogP contribution in [-0.2, 0) is 0 Å². The van der Waals surface area contributed by atoms with Crippen LogP contribution in [0.4, 0.5) is 0 Å². The van der Waals surface area contributed by atoms with Crippen LogP contribution >= 0.6 is 0 Å². The van der Waals surface area contributed by atoms with Crippen LogP contribution in [0.25, 0.3) is 0 Å². The van der Waals surface area contributed by atoms with Crippen LogP contribution in [-0.4, -0.2) is 50.6 Å². The Hall–Kier alpha value is -0.770. The fourth-order valence-electron chi connectivity index (χ4n) is 2.58. The van der Waals surface area contributed by atoms with E-state index in [1.54, 1.807) is 0 Å². The SMILES string of the molecule is CCCCNC(=NC)NCC1CCN(CCC)CC1. The van der Waals surface area contributed by atoms with Crippen molar-refractivity contribution in [3.05, 3.63) is 0 Å². The molecule has 0 saturated carbocycles. The van der Waals surface area contributed by atoms with E-state index in [1.165, 1.54) is 51.7 Å². The van der Waals surface area contributed by atoms with Gasteiger partial charge in [0.05, 0.1) is 0 Å². The monoisotopic (exact) mass is 268 g/mol. The van der Waals surface area contributed by atoms with Gasteiger partial charge in [0, 0.05) is 20.1 Å². The Morgan fingerprint density at radius 1 is 1.16 bits per heavy atom. The Morgan fingerprint density at radius 3 is 2.47 bits per heavy atom. The first-order chi connectivity index (χ1) is 9.30. The molecular weight excluding hydrogens is 236 g/mol. The molecule has 1 aliphatic heterocycles. The fourth-order valence-corrected chi connectivity index (χ4v) is 2.58. The molecule has 1 rings (SSSR count). The lowest BCUT2D eigenvalue weighted by Gasteiger charge is -2.32. The van der Waals surface area contributed by atoms with Crippen LogP contribution in [0.3, 0.4) is 0 Å². The molecule has 0 atom stereocenters. The van der Waals surface area contributed by atoms with Crippen LogP contribution in [0.1, 0.15) is 46.0 Å². The predicted octanol–water partition coefficient (Wildman–Crippen LogP) is 2.07. The van der Waals surface area contributed by atoms with Crippen LogP contribution in [0, 0.1) is 5.92 Å². The second-order valence-electron chi connectivity index (χ2n) is 5.52. The highest BCUT2D eigenvalue weighted by Crippen LogP contribution is 2.16. The van der Waals surface area contributed by atoms with Crippen molar-refractivity contribution >= 4 is 5.96 Å². The second-order valence-corrected chi connectivity index (χ2v) is 5.52. The first-order valence-corrected chi connectivity index (χ1v) is 7.97. The summed E-state index contributed by atoms with van der Waals surface area (Å²) in [6.45, 7) is 10.4. The van der Waals surface area contributed by atoms with E-state index in [1.807, 2.05) is 7.05 Å². The molecule has 0 aromatic heterocycles. The van der Waals surface area contributed by atoms with Crippen molar-refractivity contribution in [3.63, 3.8) is 0 Å². The standard InChI is InChI=1S/C15H32N4/c1-4-6-9-17-15(16-3)18-13-14-7-11-19(10-5-2)12-8-14/h14H,4-13H2,1-3H3,(H2,16,17,18). The van der Waals surface area contributed by atoms with Crippen molar-refractivity contribution in [2.45, 2.75) is 46.0 Å². The van der Waals surface area contributed by atoms with Gasteiger partial charge in [-0.05, 0) is 51.2 Å². The molecule has 0 aliphatic carbocycles. The van der Waals surface area contributed by atoms with E-state index in [-0.39, 0.29) is 0 Å². The van der Waals surface area contributed by atoms with E-state index in [4.69, 9.17) is 0 Å². The molecule has 1 aliphatic rings. The lowest BCUT2D eigenvalue weighted by Crippen LogP contribution is -2.43. The van der Waals surface area contributed by atoms with E-state index >= 15 is 0 Å². The van der Waals surface area contributed by atoms with Gasteiger partial charge in [-0.3, -0.25) is 4.99 Å². The van der Waals surface area contributed by atoms with Gasteiger partial charge in [-0.15, -0.1) is 0 Å². The number of aliphatic imine (C=N–C) groups is 1. The molecule has 2 N–H and O–H groups in total. The Labute approximate surface area is 119 Å². The minimum Gasteiger partial charge on any atom is -0.356 e. The Kier molecular flexibility index (Phi) is 8.63. The Bertz CT molecular complexity index is 245. The molecule has 0 amide bonds. The highest BCUT2D eigenvalue weighted by atomic mass is 15.2. The van der Waals surface area contributed by atoms with Gasteiger partial charge >= 0.3 is 0 Å². The molecule has 4 heteroatoms. The van der Waals surface area contributed by atoms with Gasteiger partial charge in [-0.1, -0.05) is 20.3 Å². The number of nitrogens with one attached hydrogen (secondary N) is 2. The molecule has 0 spiro atoms. The summed E-state index contributed by atoms with van der Waals surface area (Å²) in [5.41, 5.74) is 0. The van der Waals surface area contributed by atoms with E-state index in [2.05, 4.69) is 34.4 Å². The average Bonchev–Trinajstić information content (AvgIpc) is 2.44. The van der Waals surface area contributed by atoms with Crippen molar-refractivity contribution in [1.82, 2.24) is 15.5 Å². The van der Waals surface area contributed by atoms with E-state index < -0.39 is 0 Å². The maximum atomic E-state index is 4.27. The fraction of sp³-hybridized carbons (Fsp3) is 0.933. The topological polar surface area (TPSA) is 39.7 Å². The molecule has 1 saturated heterocycles. The third-order valence-corrected chi connectivity index (χ3v) is 3.85. The molecule has 1 fully saturated rings. The number of guanidine groups is 1. The second kappa shape index (κ2) is 10.1. The molecule has 0 radical (unpaired) electrons. The smallest absolute Gasteiger partial charge is 0.190 e. The molecule has 0 bridgehead atoms. The number of rotatable bonds is 7. The molecule has 19 heavy (non-hydrogen) atoms. The molecule has 0 aromatic rings. The molecule has 4 nitrogen and oxygen atoms in total. The number of nitrogens with zero attached hydrogens (tertiary/aromatic N) is 2. The zero-order chi connectivity index (χ0) is 13.9. The highest BCUT2D eigenvalue weighted by Gasteiger charge is 2.18. The quantitative estimate of drug-likeness (QED) is 0.422. The van der Waals surface area contributed by atoms with Crippen molar-refractivity contribution in [3.8, 4) is 0 Å². The zero-order valence-corrected chi connectivity index (χ0v) is 13.0. The minimum absolute atomic E-state index is 0.804. The van der Waals surface area contributed by atoms with Crippen molar-refractivity contribution in [2.24, 2.45) is 10.9 Å². The van der Waals surface area contributed by atoms with Crippen LogP contribution in [0.15, 0.2) is 4.99 Å². The van der Waals surface area contributed by atoms with Crippen LogP contribution < -0.4 is 10.6 Å². The van der Waals surface area contributed by atoms with Gasteiger partial charge in [0.1, 0.15) is 0 Å². The summed E-state index contributed by atoms with van der Waals surface area (Å²) in [5.74, 6) is 1.77. The number of unbranched alkanes of at least 4 members (excludes halogenated alkanes) is 1. The van der Waals surface area contributed by atoms with Gasteiger partial charge < -0.3 is 15.5 Å². The summed E-state index contributed by atoms with van der Waals surface area (Å²) in [6, 6.07) is 0. The Balaban J connectivity index is 2.14. The number of hydrogen-bond acceptors (Lipinski definition) is 2. The van der Waals surface area contributed by atoms with Crippen molar-refractivity contribution in [2.75, 3.05) is 39.8 Å². The third kappa shape index (κ3) is 6.81. The van der Waals surface area contributed by atoms with Crippen molar-refractivity contribution in [1.29, 1.82) is 0 Å². The van der Waals surface area contributed by atoms with E-state index in [9.17, 15) is 0 Å². The first-order valence-electron chi connectivity index (χ1n) is 7.97. The summed E-state index contributed by atoms with van der Waals surface area (Å²) in [5, 5.41) is 6.83. The predicted molar refractivity (Wildman–Crippen MR) is 83.7 cm³/mol. The van der Waals surface area contributed by atoms with Crippen LogP contribution in [0.2, 0.25) is 0 Å². The lowest BCUT2D eigenvalue weighted by atomic mass is 9.97. The van der Waals surface area contributed by atoms with E-state index in [0.29, 0.717) is 0 Å². The third-order valence-electron chi connectivity index (χ3n) is 3.85. The van der Waals surface area contributed by atoms with Gasteiger partial charge in [-0.2, -0.15) is 0 Å². The van der Waals surface area contributed by atoms with E-state index in [0.717, 1.165) is 25.0 Å². The molecule has 0 aromatic carbocycles. The Morgan fingerprint density at radius 2 is 1.89 bits per heavy atom. The largest absolute Gasteiger partial charge is 0.356 e. The number of piperidine rings is 1. The lowest BCUT2D eigenvalue weighted by molar-refractivity contribution is 0.185. The molecular formula is C15H32N4. The maximum Gasteiger partial charge on any atom is 0.190 e. The summed E-state index contributed by atoms with van der Waals surface area (Å²) in [6.07, 6.45) is 6.34. The number of likely N-dealkylation sites (tertiary alicyclic amines) is 1. The normalized spacial score (nSPS) is 18.6. The molecule has 1 heterocycles. The molecule has 0 unspecified atom stereocenters.